The molecule has 4 aromatic rings. The van der Waals surface area contributed by atoms with Gasteiger partial charge in [-0.3, -0.25) is 0 Å². The molecule has 0 spiro atoms. The number of hydrogen-bond acceptors (Lipinski definition) is 0. The Bertz CT molecular complexity index is 1580. The summed E-state index contributed by atoms with van der Waals surface area (Å²) >= 11 is -2.73. The summed E-state index contributed by atoms with van der Waals surface area (Å²) in [5, 5.41) is 0. The van der Waals surface area contributed by atoms with E-state index in [1.54, 1.807) is 15.3 Å². The number of benzene rings is 4. The third-order valence-corrected chi connectivity index (χ3v) is 16.4. The second kappa shape index (κ2) is 14.0. The van der Waals surface area contributed by atoms with Crippen LogP contribution in [0.25, 0.3) is 11.1 Å². The van der Waals surface area contributed by atoms with Crippen LogP contribution in [0.5, 0.6) is 0 Å². The molecule has 1 atom stereocenters. The van der Waals surface area contributed by atoms with Crippen molar-refractivity contribution in [1.82, 2.24) is 0 Å². The van der Waals surface area contributed by atoms with Crippen LogP contribution in [0.15, 0.2) is 124 Å². The van der Waals surface area contributed by atoms with Gasteiger partial charge in [0, 0.05) is 0 Å². The maximum atomic E-state index is 2.67. The van der Waals surface area contributed by atoms with Crippen molar-refractivity contribution >= 4 is 6.48 Å². The molecular weight excluding hydrogens is 631 g/mol. The van der Waals surface area contributed by atoms with Gasteiger partial charge in [0.05, 0.1) is 0 Å². The van der Waals surface area contributed by atoms with E-state index in [1.807, 2.05) is 0 Å². The molecule has 0 amide bonds. The molecule has 3 heteroatoms. The first-order valence-electron chi connectivity index (χ1n) is 15.0. The average Bonchev–Trinajstić information content (AvgIpc) is 3.58. The molecule has 42 heavy (non-hydrogen) atoms. The first-order valence-corrected chi connectivity index (χ1v) is 18.6. The summed E-state index contributed by atoms with van der Waals surface area (Å²) in [6, 6.07) is 38.9. The molecule has 214 valence electrons. The quantitative estimate of drug-likeness (QED) is 0.249. The molecule has 0 aromatic heterocycles. The van der Waals surface area contributed by atoms with Gasteiger partial charge in [-0.25, -0.2) is 0 Å². The van der Waals surface area contributed by atoms with Crippen LogP contribution in [0.2, 0.25) is 0 Å². The zero-order valence-electron chi connectivity index (χ0n) is 25.1. The van der Waals surface area contributed by atoms with Crippen molar-refractivity contribution in [1.29, 1.82) is 0 Å². The third kappa shape index (κ3) is 6.45. The Morgan fingerprint density at radius 3 is 1.95 bits per heavy atom. The van der Waals surface area contributed by atoms with Gasteiger partial charge in [0.1, 0.15) is 0 Å². The van der Waals surface area contributed by atoms with Crippen LogP contribution in [-0.4, -0.2) is 3.21 Å². The maximum absolute atomic E-state index is 2.73. The molecule has 0 saturated carbocycles. The van der Waals surface area contributed by atoms with Gasteiger partial charge in [0.15, 0.2) is 0 Å². The predicted molar refractivity (Wildman–Crippen MR) is 169 cm³/mol. The van der Waals surface area contributed by atoms with E-state index in [0.29, 0.717) is 5.92 Å². The van der Waals surface area contributed by atoms with Crippen molar-refractivity contribution in [3.05, 3.63) is 146 Å². The fourth-order valence-corrected chi connectivity index (χ4v) is 15.0. The third-order valence-electron chi connectivity index (χ3n) is 8.61. The van der Waals surface area contributed by atoms with E-state index in [9.17, 15) is 0 Å². The fraction of sp³-hybridized carbons (Fsp3) is 0.256. The molecule has 0 aliphatic heterocycles. The Morgan fingerprint density at radius 2 is 1.33 bits per heavy atom. The molecule has 0 N–H and O–H groups in total. The van der Waals surface area contributed by atoms with Gasteiger partial charge >= 0.3 is 250 Å². The minimum Gasteiger partial charge on any atom is -1.00 e. The van der Waals surface area contributed by atoms with Crippen molar-refractivity contribution in [3.8, 4) is 11.1 Å². The summed E-state index contributed by atoms with van der Waals surface area (Å²) in [7, 11) is 0. The molecule has 4 aromatic carbocycles. The fourth-order valence-electron chi connectivity index (χ4n) is 6.51. The van der Waals surface area contributed by atoms with Crippen LogP contribution < -0.4 is 28.1 Å². The van der Waals surface area contributed by atoms with Crippen molar-refractivity contribution in [2.45, 2.75) is 53.4 Å². The Kier molecular flexibility index (Phi) is 10.9. The Morgan fingerprint density at radius 1 is 0.738 bits per heavy atom. The van der Waals surface area contributed by atoms with Gasteiger partial charge in [0.25, 0.3) is 0 Å². The molecule has 1 unspecified atom stereocenters. The summed E-state index contributed by atoms with van der Waals surface area (Å²) < 4.78 is 5.03. The summed E-state index contributed by atoms with van der Waals surface area (Å²) in [5.74, 6) is 0.533. The van der Waals surface area contributed by atoms with E-state index in [0.717, 1.165) is 6.42 Å². The topological polar surface area (TPSA) is 0 Å². The predicted octanol–water partition coefficient (Wildman–Crippen LogP) is 3.45. The number of rotatable bonds is 7. The number of hydrogen-bond donors (Lipinski definition) is 0. The summed E-state index contributed by atoms with van der Waals surface area (Å²) in [6.07, 6.45) is 10.1. The molecule has 0 fully saturated rings. The Labute approximate surface area is 273 Å². The number of halogens is 2. The SMILES string of the molecule is CCCCC1C=C(C(C)(C)C)C=[C]1[Zr+2](=[C](c1ccccc1)c1ccccc1)[c]1cccc2c1Cc1ccccc1-2.[Cl-].[Cl-]. The molecule has 0 nitrogen and oxygen atoms in total. The van der Waals surface area contributed by atoms with Crippen molar-refractivity contribution in [2.75, 3.05) is 0 Å². The summed E-state index contributed by atoms with van der Waals surface area (Å²) in [6.45, 7) is 9.48. The molecule has 0 bridgehead atoms. The van der Waals surface area contributed by atoms with E-state index in [2.05, 4.69) is 143 Å². The van der Waals surface area contributed by atoms with Crippen molar-refractivity contribution in [2.24, 2.45) is 11.3 Å². The minimum atomic E-state index is -2.73. The first kappa shape index (κ1) is 32.6. The Hall–Kier alpha value is -2.31. The smallest absolute Gasteiger partial charge is 1.00 e. The van der Waals surface area contributed by atoms with Gasteiger partial charge in [0.2, 0.25) is 0 Å². The second-order valence-corrected chi connectivity index (χ2v) is 18.2. The van der Waals surface area contributed by atoms with Gasteiger partial charge in [-0.05, 0) is 0 Å². The van der Waals surface area contributed by atoms with Crippen molar-refractivity contribution < 1.29 is 46.1 Å². The van der Waals surface area contributed by atoms with Crippen molar-refractivity contribution in [3.63, 3.8) is 0 Å². The van der Waals surface area contributed by atoms with Crippen LogP contribution in [-0.2, 0) is 27.7 Å². The van der Waals surface area contributed by atoms with E-state index in [1.165, 1.54) is 52.7 Å². The molecule has 0 radical (unpaired) electrons. The Balaban J connectivity index is 0.00000202. The number of allylic oxidation sites excluding steroid dienone is 4. The zero-order chi connectivity index (χ0) is 27.7. The average molecular weight is 671 g/mol. The zero-order valence-corrected chi connectivity index (χ0v) is 29.1. The van der Waals surface area contributed by atoms with Crippen LogP contribution in [0.4, 0.5) is 0 Å². The second-order valence-electron chi connectivity index (χ2n) is 12.4. The summed E-state index contributed by atoms with van der Waals surface area (Å²) in [4.78, 5) is 0. The van der Waals surface area contributed by atoms with Crippen LogP contribution >= 0.6 is 0 Å². The van der Waals surface area contributed by atoms with E-state index in [4.69, 9.17) is 0 Å². The maximum Gasteiger partial charge on any atom is -1.00 e. The van der Waals surface area contributed by atoms with Crippen LogP contribution in [0.1, 0.15) is 69.2 Å². The molecule has 6 rings (SSSR count). The van der Waals surface area contributed by atoms with E-state index in [-0.39, 0.29) is 30.2 Å². The molecule has 2 aliphatic carbocycles. The minimum absolute atomic E-state index is 0. The van der Waals surface area contributed by atoms with Gasteiger partial charge in [-0.1, -0.05) is 0 Å². The monoisotopic (exact) mass is 668 g/mol. The largest absolute Gasteiger partial charge is 1.00 e. The number of fused-ring (bicyclic) bond motifs is 3. The van der Waals surface area contributed by atoms with Crippen LogP contribution in [0, 0.1) is 11.3 Å². The molecular formula is C39H40Cl2Zr. The van der Waals surface area contributed by atoms with Gasteiger partial charge in [-0.15, -0.1) is 0 Å². The van der Waals surface area contributed by atoms with E-state index >= 15 is 0 Å². The number of unbranched alkanes of at least 4 members (excludes halogenated alkanes) is 1. The molecule has 2 aliphatic rings. The van der Waals surface area contributed by atoms with Gasteiger partial charge < -0.3 is 24.8 Å². The molecule has 0 saturated heterocycles. The van der Waals surface area contributed by atoms with Crippen LogP contribution in [0.3, 0.4) is 0 Å². The molecule has 0 heterocycles. The van der Waals surface area contributed by atoms with E-state index < -0.39 is 21.3 Å². The summed E-state index contributed by atoms with van der Waals surface area (Å²) in [5.41, 5.74) is 10.4. The first-order chi connectivity index (χ1) is 19.5. The normalized spacial score (nSPS) is 14.8. The standard InChI is InChI=1S/C13H9.C13H10.C13H21.2ClH.Zr/c1-3-7-12-10(5-1)9-11-6-2-4-8-13(11)12;1-3-7-12(8-4-1)11-13-9-5-2-6-10-13;1-5-6-7-11-8-9-12(10-11)13(2,3)4;;;/h1-5,7-8H,9H2;1-10H;9-11H,5-7H2,1-4H3;2*1H;/q;;;;;+2/p-2. The van der Waals surface area contributed by atoms with Gasteiger partial charge in [-0.2, -0.15) is 0 Å².